The van der Waals surface area contributed by atoms with E-state index in [0.29, 0.717) is 12.2 Å². The van der Waals surface area contributed by atoms with Gasteiger partial charge in [-0.3, -0.25) is 0 Å². The van der Waals surface area contributed by atoms with Crippen LogP contribution in [-0.2, 0) is 9.47 Å². The Kier molecular flexibility index (Phi) is 5.70. The maximum Gasteiger partial charge on any atom is 0.184 e. The van der Waals surface area contributed by atoms with Gasteiger partial charge >= 0.3 is 0 Å². The number of benzene rings is 1. The first-order valence-electron chi connectivity index (χ1n) is 8.78. The molecule has 2 heteroatoms. The lowest BCUT2D eigenvalue weighted by Crippen LogP contribution is -2.26. The van der Waals surface area contributed by atoms with Crippen LogP contribution in [0.15, 0.2) is 30.3 Å². The van der Waals surface area contributed by atoms with Crippen LogP contribution in [0.2, 0.25) is 0 Å². The average molecular weight is 288 g/mol. The van der Waals surface area contributed by atoms with Crippen molar-refractivity contribution < 1.29 is 9.47 Å². The van der Waals surface area contributed by atoms with Crippen molar-refractivity contribution >= 4 is 0 Å². The highest BCUT2D eigenvalue weighted by molar-refractivity contribution is 5.16. The summed E-state index contributed by atoms with van der Waals surface area (Å²) in [5.41, 5.74) is 1.17. The van der Waals surface area contributed by atoms with E-state index in [1.807, 2.05) is 0 Å². The summed E-state index contributed by atoms with van der Waals surface area (Å²) in [4.78, 5) is 0. The molecule has 0 aromatic heterocycles. The van der Waals surface area contributed by atoms with Gasteiger partial charge < -0.3 is 9.47 Å². The lowest BCUT2D eigenvalue weighted by Gasteiger charge is -2.32. The summed E-state index contributed by atoms with van der Waals surface area (Å²) in [5.74, 6) is 0. The zero-order chi connectivity index (χ0) is 14.3. The van der Waals surface area contributed by atoms with Crippen molar-refractivity contribution in [3.8, 4) is 0 Å². The second-order valence-electron chi connectivity index (χ2n) is 6.53. The molecule has 0 bridgehead atoms. The molecule has 0 saturated heterocycles. The van der Waals surface area contributed by atoms with Gasteiger partial charge in [0.25, 0.3) is 0 Å². The third-order valence-electron chi connectivity index (χ3n) is 4.81. The van der Waals surface area contributed by atoms with Gasteiger partial charge in [0.05, 0.1) is 12.2 Å². The molecule has 116 valence electrons. The van der Waals surface area contributed by atoms with E-state index in [4.69, 9.17) is 9.47 Å². The van der Waals surface area contributed by atoms with Gasteiger partial charge in [0, 0.05) is 5.56 Å². The molecule has 0 amide bonds. The van der Waals surface area contributed by atoms with E-state index >= 15 is 0 Å². The minimum atomic E-state index is -0.169. The minimum Gasteiger partial charge on any atom is -0.345 e. The molecule has 21 heavy (non-hydrogen) atoms. The zero-order valence-electron chi connectivity index (χ0n) is 13.0. The molecule has 0 atom stereocenters. The summed E-state index contributed by atoms with van der Waals surface area (Å²) in [6, 6.07) is 10.5. The highest BCUT2D eigenvalue weighted by Gasteiger charge is 2.25. The van der Waals surface area contributed by atoms with Gasteiger partial charge in [-0.15, -0.1) is 0 Å². The maximum absolute atomic E-state index is 6.36. The monoisotopic (exact) mass is 288 g/mol. The molecule has 0 aliphatic heterocycles. The molecule has 0 spiro atoms. The molecule has 1 aromatic carbocycles. The second-order valence-corrected chi connectivity index (χ2v) is 6.53. The Hall–Kier alpha value is -0.860. The van der Waals surface area contributed by atoms with Gasteiger partial charge in [0.1, 0.15) is 0 Å². The molecule has 0 N–H and O–H groups in total. The first kappa shape index (κ1) is 15.1. The normalized spacial score (nSPS) is 21.8. The predicted octanol–water partition coefficient (Wildman–Crippen LogP) is 5.38. The fraction of sp³-hybridized carbons (Fsp3) is 0.684. The topological polar surface area (TPSA) is 18.5 Å². The maximum atomic E-state index is 6.36. The Morgan fingerprint density at radius 1 is 0.667 bits per heavy atom. The van der Waals surface area contributed by atoms with Crippen molar-refractivity contribution in [1.82, 2.24) is 0 Å². The Bertz CT molecular complexity index is 371. The largest absolute Gasteiger partial charge is 0.345 e. The summed E-state index contributed by atoms with van der Waals surface area (Å²) in [6.45, 7) is 0. The number of rotatable bonds is 5. The van der Waals surface area contributed by atoms with E-state index in [0.717, 1.165) is 0 Å². The Morgan fingerprint density at radius 2 is 1.14 bits per heavy atom. The summed E-state index contributed by atoms with van der Waals surface area (Å²) in [6.07, 6.45) is 13.3. The molecule has 2 aliphatic carbocycles. The third kappa shape index (κ3) is 4.55. The third-order valence-corrected chi connectivity index (χ3v) is 4.81. The smallest absolute Gasteiger partial charge is 0.184 e. The first-order chi connectivity index (χ1) is 10.4. The lowest BCUT2D eigenvalue weighted by molar-refractivity contribution is -0.208. The number of hydrogen-bond acceptors (Lipinski definition) is 2. The fourth-order valence-corrected chi connectivity index (χ4v) is 3.55. The molecule has 2 nitrogen and oxygen atoms in total. The highest BCUT2D eigenvalue weighted by Crippen LogP contribution is 2.31. The van der Waals surface area contributed by atoms with Crippen molar-refractivity contribution in [3.63, 3.8) is 0 Å². The molecule has 2 aliphatic rings. The van der Waals surface area contributed by atoms with Crippen molar-refractivity contribution in [3.05, 3.63) is 35.9 Å². The molecular formula is C19H28O2. The van der Waals surface area contributed by atoms with E-state index in [1.165, 1.54) is 69.8 Å². The molecular weight excluding hydrogens is 260 g/mol. The van der Waals surface area contributed by atoms with E-state index in [9.17, 15) is 0 Å². The lowest BCUT2D eigenvalue weighted by atomic mass is 9.97. The summed E-state index contributed by atoms with van der Waals surface area (Å²) in [5, 5.41) is 0. The first-order valence-corrected chi connectivity index (χ1v) is 8.78. The fourth-order valence-electron chi connectivity index (χ4n) is 3.55. The van der Waals surface area contributed by atoms with Crippen LogP contribution < -0.4 is 0 Å². The summed E-state index contributed by atoms with van der Waals surface area (Å²) < 4.78 is 12.7. The Labute approximate surface area is 128 Å². The van der Waals surface area contributed by atoms with Crippen LogP contribution in [0.5, 0.6) is 0 Å². The molecule has 0 unspecified atom stereocenters. The van der Waals surface area contributed by atoms with E-state index < -0.39 is 0 Å². The number of hydrogen-bond donors (Lipinski definition) is 0. The Balaban J connectivity index is 1.64. The molecule has 0 radical (unpaired) electrons. The van der Waals surface area contributed by atoms with E-state index in [1.54, 1.807) is 0 Å². The van der Waals surface area contributed by atoms with E-state index in [-0.39, 0.29) is 6.29 Å². The molecule has 0 heterocycles. The van der Waals surface area contributed by atoms with Crippen LogP contribution >= 0.6 is 0 Å². The standard InChI is InChI=1S/C19H28O2/c1-4-10-16(11-5-1)19(20-17-12-6-2-7-13-17)21-18-14-8-3-9-15-18/h1,4-5,10-11,17-19H,2-3,6-9,12-15H2. The van der Waals surface area contributed by atoms with Crippen LogP contribution in [0.25, 0.3) is 0 Å². The SMILES string of the molecule is c1ccc(C(OC2CCCCC2)OC2CCCCC2)cc1. The molecule has 3 rings (SSSR count). The van der Waals surface area contributed by atoms with Crippen molar-refractivity contribution in [2.75, 3.05) is 0 Å². The summed E-state index contributed by atoms with van der Waals surface area (Å²) >= 11 is 0. The van der Waals surface area contributed by atoms with Crippen LogP contribution in [0.1, 0.15) is 76.1 Å². The van der Waals surface area contributed by atoms with Gasteiger partial charge in [-0.1, -0.05) is 68.9 Å². The molecule has 2 fully saturated rings. The highest BCUT2D eigenvalue weighted by atomic mass is 16.7. The van der Waals surface area contributed by atoms with Crippen LogP contribution in [0.3, 0.4) is 0 Å². The van der Waals surface area contributed by atoms with Gasteiger partial charge in [0.2, 0.25) is 0 Å². The quantitative estimate of drug-likeness (QED) is 0.677. The molecule has 2 saturated carbocycles. The van der Waals surface area contributed by atoms with Crippen molar-refractivity contribution in [2.24, 2.45) is 0 Å². The van der Waals surface area contributed by atoms with Crippen molar-refractivity contribution in [1.29, 1.82) is 0 Å². The molecule has 1 aromatic rings. The summed E-state index contributed by atoms with van der Waals surface area (Å²) in [7, 11) is 0. The Morgan fingerprint density at radius 3 is 1.62 bits per heavy atom. The van der Waals surface area contributed by atoms with Crippen LogP contribution in [0.4, 0.5) is 0 Å². The van der Waals surface area contributed by atoms with Crippen LogP contribution in [0, 0.1) is 0 Å². The zero-order valence-corrected chi connectivity index (χ0v) is 13.0. The number of ether oxygens (including phenoxy) is 2. The van der Waals surface area contributed by atoms with E-state index in [2.05, 4.69) is 30.3 Å². The predicted molar refractivity (Wildman–Crippen MR) is 85.1 cm³/mol. The van der Waals surface area contributed by atoms with Crippen molar-refractivity contribution in [2.45, 2.75) is 82.7 Å². The van der Waals surface area contributed by atoms with Gasteiger partial charge in [-0.2, -0.15) is 0 Å². The van der Waals surface area contributed by atoms with Gasteiger partial charge in [-0.25, -0.2) is 0 Å². The van der Waals surface area contributed by atoms with Gasteiger partial charge in [-0.05, 0) is 25.7 Å². The van der Waals surface area contributed by atoms with Crippen LogP contribution in [-0.4, -0.2) is 12.2 Å². The minimum absolute atomic E-state index is 0.169. The average Bonchev–Trinajstić information content (AvgIpc) is 2.57. The van der Waals surface area contributed by atoms with Gasteiger partial charge in [0.15, 0.2) is 6.29 Å². The second kappa shape index (κ2) is 7.95.